The fourth-order valence-electron chi connectivity index (χ4n) is 1.35. The zero-order valence-corrected chi connectivity index (χ0v) is 9.21. The van der Waals surface area contributed by atoms with E-state index in [1.807, 2.05) is 18.2 Å². The molecule has 1 heterocycles. The van der Waals surface area contributed by atoms with Crippen LogP contribution in [0.1, 0.15) is 5.56 Å². The molecular formula is C12H10ClFN2. The van der Waals surface area contributed by atoms with Crippen molar-refractivity contribution in [3.8, 4) is 0 Å². The summed E-state index contributed by atoms with van der Waals surface area (Å²) < 4.78 is 12.9. The van der Waals surface area contributed by atoms with Gasteiger partial charge in [-0.2, -0.15) is 0 Å². The van der Waals surface area contributed by atoms with Gasteiger partial charge in [-0.3, -0.25) is 4.98 Å². The van der Waals surface area contributed by atoms with Crippen LogP contribution in [0.25, 0.3) is 0 Å². The molecule has 1 aromatic carbocycles. The van der Waals surface area contributed by atoms with E-state index in [0.29, 0.717) is 11.6 Å². The van der Waals surface area contributed by atoms with E-state index in [-0.39, 0.29) is 5.82 Å². The van der Waals surface area contributed by atoms with Gasteiger partial charge in [0, 0.05) is 12.7 Å². The summed E-state index contributed by atoms with van der Waals surface area (Å²) in [6, 6.07) is 8.86. The number of rotatable bonds is 3. The van der Waals surface area contributed by atoms with Gasteiger partial charge in [0.1, 0.15) is 5.82 Å². The fourth-order valence-corrected chi connectivity index (χ4v) is 1.56. The number of hydrogen-bond acceptors (Lipinski definition) is 2. The Balaban J connectivity index is 2.05. The minimum atomic E-state index is -0.335. The number of anilines is 1. The first-order chi connectivity index (χ1) is 7.75. The summed E-state index contributed by atoms with van der Waals surface area (Å²) in [5.41, 5.74) is 1.60. The molecule has 0 aliphatic heterocycles. The highest BCUT2D eigenvalue weighted by Gasteiger charge is 1.99. The zero-order chi connectivity index (χ0) is 11.4. The van der Waals surface area contributed by atoms with Gasteiger partial charge in [0.2, 0.25) is 0 Å². The van der Waals surface area contributed by atoms with Gasteiger partial charge in [0.15, 0.2) is 0 Å². The summed E-state index contributed by atoms with van der Waals surface area (Å²) in [6.07, 6.45) is 2.80. The number of para-hydroxylation sites is 1. The lowest BCUT2D eigenvalue weighted by atomic mass is 10.2. The molecule has 2 nitrogen and oxygen atoms in total. The van der Waals surface area contributed by atoms with Gasteiger partial charge in [-0.15, -0.1) is 0 Å². The van der Waals surface area contributed by atoms with Crippen molar-refractivity contribution in [2.45, 2.75) is 6.54 Å². The topological polar surface area (TPSA) is 24.9 Å². The van der Waals surface area contributed by atoms with Crippen LogP contribution >= 0.6 is 11.6 Å². The van der Waals surface area contributed by atoms with Gasteiger partial charge in [-0.05, 0) is 23.8 Å². The first kappa shape index (κ1) is 10.9. The van der Waals surface area contributed by atoms with E-state index in [1.165, 1.54) is 12.3 Å². The molecule has 0 saturated heterocycles. The lowest BCUT2D eigenvalue weighted by Gasteiger charge is -2.07. The van der Waals surface area contributed by atoms with Crippen LogP contribution < -0.4 is 5.32 Å². The Labute approximate surface area is 98.1 Å². The summed E-state index contributed by atoms with van der Waals surface area (Å²) in [5, 5.41) is 3.76. The monoisotopic (exact) mass is 236 g/mol. The van der Waals surface area contributed by atoms with Crippen LogP contribution in [0.15, 0.2) is 42.7 Å². The summed E-state index contributed by atoms with van der Waals surface area (Å²) in [4.78, 5) is 3.77. The second kappa shape index (κ2) is 4.94. The molecule has 0 amide bonds. The van der Waals surface area contributed by atoms with Crippen LogP contribution in [0, 0.1) is 5.82 Å². The van der Waals surface area contributed by atoms with Gasteiger partial charge < -0.3 is 5.32 Å². The van der Waals surface area contributed by atoms with E-state index in [9.17, 15) is 4.39 Å². The van der Waals surface area contributed by atoms with Crippen LogP contribution in [-0.2, 0) is 6.54 Å². The van der Waals surface area contributed by atoms with E-state index in [2.05, 4.69) is 10.3 Å². The first-order valence-corrected chi connectivity index (χ1v) is 5.21. The van der Waals surface area contributed by atoms with Gasteiger partial charge in [0.25, 0.3) is 0 Å². The second-order valence-corrected chi connectivity index (χ2v) is 3.75. The van der Waals surface area contributed by atoms with Gasteiger partial charge in [0.05, 0.1) is 16.9 Å². The predicted molar refractivity (Wildman–Crippen MR) is 63.0 cm³/mol. The van der Waals surface area contributed by atoms with Crippen molar-refractivity contribution in [3.63, 3.8) is 0 Å². The third-order valence-electron chi connectivity index (χ3n) is 2.12. The molecule has 0 fully saturated rings. The number of nitrogens with zero attached hydrogens (tertiary/aromatic N) is 1. The molecule has 0 unspecified atom stereocenters. The van der Waals surface area contributed by atoms with Crippen molar-refractivity contribution in [1.29, 1.82) is 0 Å². The standard InChI is InChI=1S/C12H10ClFN2/c13-11-3-1-2-4-12(11)16-7-9-5-10(14)8-15-6-9/h1-6,8,16H,7H2. The number of aromatic nitrogens is 1. The van der Waals surface area contributed by atoms with Crippen LogP contribution in [0.5, 0.6) is 0 Å². The molecule has 0 aliphatic rings. The molecule has 1 aromatic heterocycles. The molecule has 4 heteroatoms. The zero-order valence-electron chi connectivity index (χ0n) is 8.45. The number of nitrogens with one attached hydrogen (secondary N) is 1. The van der Waals surface area contributed by atoms with Crippen LogP contribution in [0.4, 0.5) is 10.1 Å². The summed E-state index contributed by atoms with van der Waals surface area (Å²) >= 11 is 5.97. The van der Waals surface area contributed by atoms with E-state index in [4.69, 9.17) is 11.6 Å². The summed E-state index contributed by atoms with van der Waals surface area (Å²) in [6.45, 7) is 0.495. The number of hydrogen-bond donors (Lipinski definition) is 1. The van der Waals surface area contributed by atoms with Crippen LogP contribution in [-0.4, -0.2) is 4.98 Å². The minimum Gasteiger partial charge on any atom is -0.380 e. The Morgan fingerprint density at radius 2 is 2.06 bits per heavy atom. The average molecular weight is 237 g/mol. The van der Waals surface area contributed by atoms with Crippen LogP contribution in [0.3, 0.4) is 0 Å². The van der Waals surface area contributed by atoms with Crippen molar-refractivity contribution < 1.29 is 4.39 Å². The number of halogens is 2. The Hall–Kier alpha value is -1.61. The maximum atomic E-state index is 12.9. The Morgan fingerprint density at radius 1 is 1.25 bits per heavy atom. The van der Waals surface area contributed by atoms with Crippen molar-refractivity contribution >= 4 is 17.3 Å². The predicted octanol–water partition coefficient (Wildman–Crippen LogP) is 3.49. The van der Waals surface area contributed by atoms with E-state index < -0.39 is 0 Å². The average Bonchev–Trinajstić information content (AvgIpc) is 2.28. The van der Waals surface area contributed by atoms with Crippen molar-refractivity contribution in [3.05, 3.63) is 59.1 Å². The molecule has 0 aliphatic carbocycles. The lowest BCUT2D eigenvalue weighted by Crippen LogP contribution is -2.00. The second-order valence-electron chi connectivity index (χ2n) is 3.34. The third kappa shape index (κ3) is 2.70. The maximum Gasteiger partial charge on any atom is 0.141 e. The molecule has 1 N–H and O–H groups in total. The Bertz CT molecular complexity index is 488. The molecule has 2 rings (SSSR count). The highest BCUT2D eigenvalue weighted by molar-refractivity contribution is 6.33. The lowest BCUT2D eigenvalue weighted by molar-refractivity contribution is 0.619. The fraction of sp³-hybridized carbons (Fsp3) is 0.0833. The van der Waals surface area contributed by atoms with Crippen LogP contribution in [0.2, 0.25) is 5.02 Å². The van der Waals surface area contributed by atoms with Crippen molar-refractivity contribution in [2.75, 3.05) is 5.32 Å². The van der Waals surface area contributed by atoms with Gasteiger partial charge >= 0.3 is 0 Å². The third-order valence-corrected chi connectivity index (χ3v) is 2.45. The molecule has 0 bridgehead atoms. The summed E-state index contributed by atoms with van der Waals surface area (Å²) in [7, 11) is 0. The maximum absolute atomic E-state index is 12.9. The molecule has 0 radical (unpaired) electrons. The van der Waals surface area contributed by atoms with Crippen molar-refractivity contribution in [1.82, 2.24) is 4.98 Å². The highest BCUT2D eigenvalue weighted by atomic mass is 35.5. The normalized spacial score (nSPS) is 10.1. The van der Waals surface area contributed by atoms with Gasteiger partial charge in [-0.25, -0.2) is 4.39 Å². The van der Waals surface area contributed by atoms with Gasteiger partial charge in [-0.1, -0.05) is 23.7 Å². The highest BCUT2D eigenvalue weighted by Crippen LogP contribution is 2.20. The minimum absolute atomic E-state index is 0.335. The first-order valence-electron chi connectivity index (χ1n) is 4.83. The smallest absolute Gasteiger partial charge is 0.141 e. The molecule has 16 heavy (non-hydrogen) atoms. The Morgan fingerprint density at radius 3 is 2.81 bits per heavy atom. The molecule has 2 aromatic rings. The molecule has 0 atom stereocenters. The van der Waals surface area contributed by atoms with Crippen molar-refractivity contribution in [2.24, 2.45) is 0 Å². The molecule has 82 valence electrons. The largest absolute Gasteiger partial charge is 0.380 e. The van der Waals surface area contributed by atoms with E-state index in [1.54, 1.807) is 12.3 Å². The van der Waals surface area contributed by atoms with E-state index in [0.717, 1.165) is 11.3 Å². The Kier molecular flexibility index (Phi) is 3.37. The summed E-state index contributed by atoms with van der Waals surface area (Å²) in [5.74, 6) is -0.335. The number of pyridine rings is 1. The van der Waals surface area contributed by atoms with E-state index >= 15 is 0 Å². The molecule has 0 saturated carbocycles. The quantitative estimate of drug-likeness (QED) is 0.883. The SMILES string of the molecule is Fc1cncc(CNc2ccccc2Cl)c1. The molecule has 0 spiro atoms. The number of benzene rings is 1. The molecular weight excluding hydrogens is 227 g/mol.